The second-order valence-corrected chi connectivity index (χ2v) is 8.75. The van der Waals surface area contributed by atoms with Crippen molar-refractivity contribution in [1.29, 1.82) is 0 Å². The molecule has 4 aromatic rings. The van der Waals surface area contributed by atoms with Gasteiger partial charge in [-0.25, -0.2) is 4.79 Å². The maximum absolute atomic E-state index is 13.3. The van der Waals surface area contributed by atoms with E-state index in [2.05, 4.69) is 21.2 Å². The normalized spacial score (nSPS) is 12.3. The molecule has 0 saturated heterocycles. The van der Waals surface area contributed by atoms with Crippen LogP contribution in [0.3, 0.4) is 0 Å². The topological polar surface area (TPSA) is 72.5 Å². The summed E-state index contributed by atoms with van der Waals surface area (Å²) in [6.45, 7) is 0. The van der Waals surface area contributed by atoms with Gasteiger partial charge in [-0.05, 0) is 42.0 Å². The maximum atomic E-state index is 13.3. The van der Waals surface area contributed by atoms with Crippen LogP contribution in [-0.4, -0.2) is 23.8 Å². The van der Waals surface area contributed by atoms with Crippen molar-refractivity contribution in [3.05, 3.63) is 138 Å². The summed E-state index contributed by atoms with van der Waals surface area (Å²) in [7, 11) is 0. The third kappa shape index (κ3) is 6.11. The summed E-state index contributed by atoms with van der Waals surface area (Å²) in [5.74, 6) is -1.20. The first-order valence-electron chi connectivity index (χ1n) is 11.0. The number of anilines is 1. The molecule has 0 fully saturated rings. The Morgan fingerprint density at radius 1 is 0.629 bits per heavy atom. The molecule has 0 heterocycles. The highest BCUT2D eigenvalue weighted by atomic mass is 79.9. The molecule has 0 unspecified atom stereocenters. The highest BCUT2D eigenvalue weighted by Crippen LogP contribution is 2.31. The Labute approximate surface area is 211 Å². The van der Waals surface area contributed by atoms with Crippen molar-refractivity contribution < 1.29 is 19.1 Å². The first kappa shape index (κ1) is 24.1. The molecule has 1 amide bonds. The van der Waals surface area contributed by atoms with Gasteiger partial charge in [0, 0.05) is 16.8 Å². The molecule has 0 aromatic heterocycles. The number of hydrogen-bond acceptors (Lipinski definition) is 4. The van der Waals surface area contributed by atoms with E-state index in [-0.39, 0.29) is 17.3 Å². The van der Waals surface area contributed by atoms with Crippen LogP contribution < -0.4 is 5.32 Å². The Morgan fingerprint density at radius 3 is 1.71 bits per heavy atom. The van der Waals surface area contributed by atoms with Gasteiger partial charge in [-0.1, -0.05) is 94.8 Å². The highest BCUT2D eigenvalue weighted by Gasteiger charge is 2.32. The van der Waals surface area contributed by atoms with E-state index in [0.717, 1.165) is 5.56 Å². The van der Waals surface area contributed by atoms with Crippen molar-refractivity contribution in [3.63, 3.8) is 0 Å². The lowest BCUT2D eigenvalue weighted by Gasteiger charge is -2.22. The number of halogens is 1. The molecule has 0 radical (unpaired) electrons. The van der Waals surface area contributed by atoms with Crippen molar-refractivity contribution in [2.45, 2.75) is 10.9 Å². The molecule has 6 heteroatoms. The first-order chi connectivity index (χ1) is 17.0. The fraction of sp³-hybridized carbons (Fsp3) is 0.0690. The van der Waals surface area contributed by atoms with Crippen LogP contribution in [0.15, 0.2) is 115 Å². The lowest BCUT2D eigenvalue weighted by molar-refractivity contribution is 0.0282. The summed E-state index contributed by atoms with van der Waals surface area (Å²) < 4.78 is 5.74. The van der Waals surface area contributed by atoms with E-state index in [4.69, 9.17) is 4.74 Å². The number of carbonyl (C=O) groups is 3. The van der Waals surface area contributed by atoms with Crippen LogP contribution in [0, 0.1) is 0 Å². The summed E-state index contributed by atoms with van der Waals surface area (Å²) in [5.41, 5.74) is 2.59. The number of hydrogen-bond donors (Lipinski definition) is 1. The Kier molecular flexibility index (Phi) is 7.85. The minimum Gasteiger partial charge on any atom is -0.449 e. The third-order valence-corrected chi connectivity index (χ3v) is 6.36. The molecule has 4 aromatic carbocycles. The molecule has 35 heavy (non-hydrogen) atoms. The van der Waals surface area contributed by atoms with Gasteiger partial charge in [0.2, 0.25) is 5.78 Å². The number of ether oxygens (including phenoxy) is 1. The summed E-state index contributed by atoms with van der Waals surface area (Å²) in [5, 5.41) is 2.79. The molecule has 0 aliphatic carbocycles. The SMILES string of the molecule is O=C(Nc1ccc(C(=O)O[C@H](C(=O)c2ccccc2)[C@@H](Br)c2ccccc2)cc1)c1ccccc1. The van der Waals surface area contributed by atoms with Gasteiger partial charge in [0.15, 0.2) is 6.10 Å². The van der Waals surface area contributed by atoms with Gasteiger partial charge >= 0.3 is 5.97 Å². The maximum Gasteiger partial charge on any atom is 0.338 e. The molecule has 174 valence electrons. The Bertz CT molecular complexity index is 1290. The van der Waals surface area contributed by atoms with Crippen molar-refractivity contribution >= 4 is 39.3 Å². The molecule has 2 atom stereocenters. The van der Waals surface area contributed by atoms with Crippen LogP contribution >= 0.6 is 15.9 Å². The van der Waals surface area contributed by atoms with Crippen LogP contribution in [0.25, 0.3) is 0 Å². The lowest BCUT2D eigenvalue weighted by Crippen LogP contribution is -2.31. The fourth-order valence-electron chi connectivity index (χ4n) is 3.49. The van der Waals surface area contributed by atoms with Gasteiger partial charge in [0.1, 0.15) is 0 Å². The molecule has 0 saturated carbocycles. The Hall–Kier alpha value is -4.03. The quantitative estimate of drug-likeness (QED) is 0.161. The largest absolute Gasteiger partial charge is 0.449 e. The molecule has 1 N–H and O–H groups in total. The molecular formula is C29H22BrNO4. The number of rotatable bonds is 8. The molecule has 0 aliphatic rings. The monoisotopic (exact) mass is 527 g/mol. The van der Waals surface area contributed by atoms with E-state index < -0.39 is 16.9 Å². The number of benzene rings is 4. The average Bonchev–Trinajstić information content (AvgIpc) is 2.92. The molecule has 4 rings (SSSR count). The van der Waals surface area contributed by atoms with E-state index in [9.17, 15) is 14.4 Å². The van der Waals surface area contributed by atoms with Gasteiger partial charge in [0.25, 0.3) is 5.91 Å². The second-order valence-electron chi connectivity index (χ2n) is 7.77. The van der Waals surface area contributed by atoms with Crippen LogP contribution in [0.4, 0.5) is 5.69 Å². The second kappa shape index (κ2) is 11.4. The smallest absolute Gasteiger partial charge is 0.338 e. The summed E-state index contributed by atoms with van der Waals surface area (Å²) in [6.07, 6.45) is -1.08. The average molecular weight is 528 g/mol. The predicted octanol–water partition coefficient (Wildman–Crippen LogP) is 6.48. The number of Topliss-reactive ketones (excluding diaryl/α,β-unsaturated/α-hetero) is 1. The van der Waals surface area contributed by atoms with Crippen LogP contribution in [0.2, 0.25) is 0 Å². The number of ketones is 1. The molecule has 5 nitrogen and oxygen atoms in total. The van der Waals surface area contributed by atoms with E-state index in [1.165, 1.54) is 0 Å². The van der Waals surface area contributed by atoms with Crippen LogP contribution in [0.5, 0.6) is 0 Å². The van der Waals surface area contributed by atoms with Crippen LogP contribution in [0.1, 0.15) is 41.5 Å². The zero-order valence-corrected chi connectivity index (χ0v) is 20.2. The molecular weight excluding hydrogens is 506 g/mol. The zero-order valence-electron chi connectivity index (χ0n) is 18.6. The van der Waals surface area contributed by atoms with Crippen LogP contribution in [-0.2, 0) is 4.74 Å². The number of amides is 1. The number of esters is 1. The highest BCUT2D eigenvalue weighted by molar-refractivity contribution is 9.09. The van der Waals surface area contributed by atoms with Gasteiger partial charge < -0.3 is 10.1 Å². The molecule has 0 spiro atoms. The Balaban J connectivity index is 1.51. The number of alkyl halides is 1. The minimum atomic E-state index is -1.08. The third-order valence-electron chi connectivity index (χ3n) is 5.35. The van der Waals surface area contributed by atoms with E-state index in [0.29, 0.717) is 16.8 Å². The van der Waals surface area contributed by atoms with Gasteiger partial charge in [-0.15, -0.1) is 0 Å². The lowest BCUT2D eigenvalue weighted by atomic mass is 9.99. The first-order valence-corrected chi connectivity index (χ1v) is 11.9. The van der Waals surface area contributed by atoms with Crippen molar-refractivity contribution in [2.75, 3.05) is 5.32 Å². The number of carbonyl (C=O) groups excluding carboxylic acids is 3. The van der Waals surface area contributed by atoms with Crippen molar-refractivity contribution in [1.82, 2.24) is 0 Å². The van der Waals surface area contributed by atoms with Crippen molar-refractivity contribution in [2.24, 2.45) is 0 Å². The zero-order chi connectivity index (χ0) is 24.6. The summed E-state index contributed by atoms with van der Waals surface area (Å²) >= 11 is 3.57. The van der Waals surface area contributed by atoms with Crippen molar-refractivity contribution in [3.8, 4) is 0 Å². The summed E-state index contributed by atoms with van der Waals surface area (Å²) in [4.78, 5) is 38.1. The number of nitrogens with one attached hydrogen (secondary N) is 1. The summed E-state index contributed by atoms with van der Waals surface area (Å²) in [6, 6.07) is 33.2. The molecule has 0 aliphatic heterocycles. The van der Waals surface area contributed by atoms with E-state index >= 15 is 0 Å². The van der Waals surface area contributed by atoms with Gasteiger partial charge in [-0.3, -0.25) is 9.59 Å². The van der Waals surface area contributed by atoms with E-state index in [1.807, 2.05) is 42.5 Å². The predicted molar refractivity (Wildman–Crippen MR) is 139 cm³/mol. The fourth-order valence-corrected chi connectivity index (χ4v) is 4.14. The van der Waals surface area contributed by atoms with E-state index in [1.54, 1.807) is 72.8 Å². The van der Waals surface area contributed by atoms with Gasteiger partial charge in [-0.2, -0.15) is 0 Å². The standard InChI is InChI=1S/C29H22BrNO4/c30-25(20-10-4-1-5-11-20)27(26(32)21-12-6-2-7-13-21)35-29(34)23-16-18-24(19-17-23)31-28(33)22-14-8-3-9-15-22/h1-19,25,27H,(H,31,33)/t25-,27-/m0/s1. The van der Waals surface area contributed by atoms with Gasteiger partial charge in [0.05, 0.1) is 10.4 Å². The molecule has 0 bridgehead atoms. The minimum absolute atomic E-state index is 0.251. The Morgan fingerprint density at radius 2 is 1.14 bits per heavy atom.